The molecule has 0 aromatic rings. The number of esters is 1. The number of methoxy groups -OCH3 is 2. The monoisotopic (exact) mass is 760 g/mol. The molecule has 3 unspecified atom stereocenters. The Morgan fingerprint density at radius 1 is 0.811 bits per heavy atom. The lowest BCUT2D eigenvalue weighted by Crippen LogP contribution is -2.56. The molecule has 0 aromatic carbocycles. The first-order valence-corrected chi connectivity index (χ1v) is 20.5. The number of hydrogen-bond acceptors (Lipinski definition) is 9. The summed E-state index contributed by atoms with van der Waals surface area (Å²) in [6.07, 6.45) is 3.98. The number of aliphatic hydroxyl groups excluding tert-OH is 3. The zero-order valence-electron chi connectivity index (χ0n) is 38.2. The molecule has 0 amide bonds. The summed E-state index contributed by atoms with van der Waals surface area (Å²) in [5.41, 5.74) is -1.75. The molecule has 0 aromatic heterocycles. The van der Waals surface area contributed by atoms with Crippen LogP contribution in [0.15, 0.2) is 4.99 Å². The molecule has 9 heteroatoms. The summed E-state index contributed by atoms with van der Waals surface area (Å²) >= 11 is 0. The predicted molar refractivity (Wildman–Crippen MR) is 224 cm³/mol. The second-order valence-electron chi connectivity index (χ2n) is 15.4. The molecular formula is C44H89NO8. The highest BCUT2D eigenvalue weighted by Crippen LogP contribution is 2.36. The summed E-state index contributed by atoms with van der Waals surface area (Å²) in [4.78, 5) is 17.2. The van der Waals surface area contributed by atoms with Crippen molar-refractivity contribution in [2.45, 2.75) is 210 Å². The second kappa shape index (κ2) is 30.7. The third-order valence-electron chi connectivity index (χ3n) is 10.2. The highest BCUT2D eigenvalue weighted by atomic mass is 16.6. The number of rotatable bonds is 3. The molecule has 53 heavy (non-hydrogen) atoms. The van der Waals surface area contributed by atoms with Gasteiger partial charge in [-0.3, -0.25) is 9.79 Å². The molecule has 2 aliphatic rings. The van der Waals surface area contributed by atoms with Crippen molar-refractivity contribution in [1.29, 1.82) is 0 Å². The van der Waals surface area contributed by atoms with E-state index in [1.54, 1.807) is 35.1 Å². The van der Waals surface area contributed by atoms with Crippen LogP contribution in [0.5, 0.6) is 0 Å². The van der Waals surface area contributed by atoms with Crippen LogP contribution in [-0.4, -0.2) is 94.6 Å². The van der Waals surface area contributed by atoms with Crippen molar-refractivity contribution in [2.75, 3.05) is 21.3 Å². The Hall–Kier alpha value is -1.54. The molecule has 318 valence electrons. The minimum Gasteiger partial charge on any atom is -0.459 e. The zero-order chi connectivity index (χ0) is 42.8. The van der Waals surface area contributed by atoms with Gasteiger partial charge in [0.05, 0.1) is 35.4 Å². The Morgan fingerprint density at radius 3 is 1.64 bits per heavy atom. The summed E-state index contributed by atoms with van der Waals surface area (Å²) in [7, 11) is 5.01. The van der Waals surface area contributed by atoms with Gasteiger partial charge in [-0.05, 0) is 91.4 Å². The van der Waals surface area contributed by atoms with E-state index in [9.17, 15) is 25.2 Å². The Labute approximate surface area is 328 Å². The number of nitrogens with zero attached hydrogens (tertiary/aromatic N) is 1. The first-order valence-electron chi connectivity index (χ1n) is 20.5. The topological polar surface area (TPSA) is 138 Å². The fourth-order valence-corrected chi connectivity index (χ4v) is 6.94. The van der Waals surface area contributed by atoms with Gasteiger partial charge in [-0.25, -0.2) is 0 Å². The van der Waals surface area contributed by atoms with E-state index in [2.05, 4.69) is 51.5 Å². The molecule has 1 aliphatic carbocycles. The SMILES string of the molecule is CC.CC#CC.CCC.CCC.CC[C@H]1OC(=O)[C@H](C)[C@@H](O)[C@H](C)C[C@](C)(OC)C[C@@H](C)C(=NC)C(C)C(O)[C@]1(C)O.CO[C@]1(C)CCCC(C)[C@@H]1O. The van der Waals surface area contributed by atoms with Crippen LogP contribution < -0.4 is 0 Å². The Bertz CT molecular complexity index is 999. The molecule has 0 bridgehead atoms. The smallest absolute Gasteiger partial charge is 0.311 e. The van der Waals surface area contributed by atoms with E-state index in [1.807, 2.05) is 62.3 Å². The van der Waals surface area contributed by atoms with Gasteiger partial charge in [-0.15, -0.1) is 11.8 Å². The molecule has 1 heterocycles. The van der Waals surface area contributed by atoms with Gasteiger partial charge in [0, 0.05) is 32.9 Å². The predicted octanol–water partition coefficient (Wildman–Crippen LogP) is 9.06. The molecule has 1 aliphatic heterocycles. The van der Waals surface area contributed by atoms with Crippen LogP contribution in [0.2, 0.25) is 0 Å². The summed E-state index contributed by atoms with van der Waals surface area (Å²) in [6, 6.07) is 0. The third kappa shape index (κ3) is 20.3. The van der Waals surface area contributed by atoms with Crippen molar-refractivity contribution in [3.63, 3.8) is 0 Å². The minimum atomic E-state index is -1.68. The number of carbonyl (C=O) groups is 1. The summed E-state index contributed by atoms with van der Waals surface area (Å²) < 4.78 is 16.7. The number of aliphatic imine (C=N–C) groups is 1. The Kier molecular flexibility index (Phi) is 33.6. The summed E-state index contributed by atoms with van der Waals surface area (Å²) in [6.45, 7) is 32.9. The van der Waals surface area contributed by atoms with E-state index in [0.717, 1.165) is 18.6 Å². The van der Waals surface area contributed by atoms with Crippen molar-refractivity contribution >= 4 is 11.7 Å². The van der Waals surface area contributed by atoms with Gasteiger partial charge in [0.1, 0.15) is 11.7 Å². The normalized spacial score (nSPS) is 36.8. The van der Waals surface area contributed by atoms with Crippen LogP contribution >= 0.6 is 0 Å². The Balaban J connectivity index is -0.000000423. The number of carbonyl (C=O) groups excluding carboxylic acids is 1. The molecule has 1 saturated carbocycles. The van der Waals surface area contributed by atoms with Crippen molar-refractivity contribution < 1.29 is 39.4 Å². The average Bonchev–Trinajstić information content (AvgIpc) is 3.13. The molecule has 0 radical (unpaired) electrons. The maximum atomic E-state index is 12.8. The van der Waals surface area contributed by atoms with E-state index >= 15 is 0 Å². The molecule has 9 nitrogen and oxygen atoms in total. The molecular weight excluding hydrogens is 670 g/mol. The van der Waals surface area contributed by atoms with Gasteiger partial charge in [-0.2, -0.15) is 0 Å². The van der Waals surface area contributed by atoms with Crippen molar-refractivity contribution in [3.8, 4) is 11.8 Å². The molecule has 2 fully saturated rings. The minimum absolute atomic E-state index is 0.0206. The molecule has 2 rings (SSSR count). The molecule has 1 saturated heterocycles. The average molecular weight is 760 g/mol. The lowest BCUT2D eigenvalue weighted by Gasteiger charge is -2.42. The van der Waals surface area contributed by atoms with Crippen LogP contribution in [0.4, 0.5) is 0 Å². The van der Waals surface area contributed by atoms with Gasteiger partial charge in [0.25, 0.3) is 0 Å². The van der Waals surface area contributed by atoms with Crippen molar-refractivity contribution in [2.24, 2.45) is 34.6 Å². The van der Waals surface area contributed by atoms with E-state index in [4.69, 9.17) is 14.2 Å². The van der Waals surface area contributed by atoms with Gasteiger partial charge in [-0.1, -0.05) is 95.4 Å². The van der Waals surface area contributed by atoms with E-state index in [-0.39, 0.29) is 23.5 Å². The maximum absolute atomic E-state index is 12.8. The second-order valence-corrected chi connectivity index (χ2v) is 15.4. The number of aliphatic hydroxyl groups is 4. The van der Waals surface area contributed by atoms with Crippen LogP contribution in [0, 0.1) is 41.4 Å². The van der Waals surface area contributed by atoms with Crippen LogP contribution in [-0.2, 0) is 19.0 Å². The maximum Gasteiger partial charge on any atom is 0.311 e. The van der Waals surface area contributed by atoms with Crippen molar-refractivity contribution in [1.82, 2.24) is 0 Å². The van der Waals surface area contributed by atoms with Gasteiger partial charge in [0.2, 0.25) is 0 Å². The van der Waals surface area contributed by atoms with Crippen LogP contribution in [0.1, 0.15) is 169 Å². The van der Waals surface area contributed by atoms with Crippen LogP contribution in [0.3, 0.4) is 0 Å². The number of ether oxygens (including phenoxy) is 3. The molecule has 4 N–H and O–H groups in total. The summed E-state index contributed by atoms with van der Waals surface area (Å²) in [5, 5.41) is 42.8. The lowest BCUT2D eigenvalue weighted by molar-refractivity contribution is -0.189. The largest absolute Gasteiger partial charge is 0.459 e. The van der Waals surface area contributed by atoms with Crippen molar-refractivity contribution in [3.05, 3.63) is 0 Å². The van der Waals surface area contributed by atoms with E-state index < -0.39 is 47.3 Å². The molecule has 0 spiro atoms. The Morgan fingerprint density at radius 2 is 1.28 bits per heavy atom. The molecule has 12 atom stereocenters. The first kappa shape index (κ1) is 58.2. The summed E-state index contributed by atoms with van der Waals surface area (Å²) in [5.74, 6) is 3.71. The third-order valence-corrected chi connectivity index (χ3v) is 10.2. The first-order chi connectivity index (χ1) is 24.6. The van der Waals surface area contributed by atoms with Crippen LogP contribution in [0.25, 0.3) is 0 Å². The quantitative estimate of drug-likeness (QED) is 0.165. The standard InChI is InChI=1S/C23H43NO6.C9H18O2.C4H6.2C3H8.C2H6/c1-10-17-23(7,28)20(26)15(4)18(24-8)13(2)11-22(6,29-9)12-14(3)19(25)16(5)21(27)30-17;1-7-5-4-6-9(2,11-3)8(7)10;1-3-4-2;2*1-3-2;1-2/h13-17,19-20,25-26,28H,10-12H2,1-9H3;7-8,10H,4-6H2,1-3H3;1-2H3;2*3H2,1-2H3;1-2H3/t13-,14-,15?,16-,17-,19+,20?,22-,23-;7?,8-,9+;;;;/m10..../s1. The highest BCUT2D eigenvalue weighted by Gasteiger charge is 2.47. The zero-order valence-corrected chi connectivity index (χ0v) is 38.2. The van der Waals surface area contributed by atoms with Gasteiger partial charge in [0.15, 0.2) is 0 Å². The number of hydrogen-bond donors (Lipinski definition) is 4. The fraction of sp³-hybridized carbons (Fsp3) is 0.909. The van der Waals surface area contributed by atoms with Gasteiger partial charge >= 0.3 is 5.97 Å². The van der Waals surface area contributed by atoms with E-state index in [0.29, 0.717) is 25.2 Å². The lowest BCUT2D eigenvalue weighted by atomic mass is 9.75. The number of cyclic esters (lactones) is 1. The van der Waals surface area contributed by atoms with Gasteiger partial charge < -0.3 is 34.6 Å². The fourth-order valence-electron chi connectivity index (χ4n) is 6.94. The van der Waals surface area contributed by atoms with E-state index in [1.165, 1.54) is 26.2 Å². The highest BCUT2D eigenvalue weighted by molar-refractivity contribution is 5.89.